The Morgan fingerprint density at radius 1 is 1.08 bits per heavy atom. The van der Waals surface area contributed by atoms with E-state index in [1.807, 2.05) is 26.0 Å². The fourth-order valence-corrected chi connectivity index (χ4v) is 5.44. The van der Waals surface area contributed by atoms with E-state index >= 15 is 0 Å². The highest BCUT2D eigenvalue weighted by Gasteiger charge is 2.29. The second-order valence-electron chi connectivity index (χ2n) is 9.09. The summed E-state index contributed by atoms with van der Waals surface area (Å²) in [6, 6.07) is 11.5. The van der Waals surface area contributed by atoms with Crippen LogP contribution in [0.5, 0.6) is 11.5 Å². The molecule has 1 aliphatic rings. The maximum absolute atomic E-state index is 13.5. The summed E-state index contributed by atoms with van der Waals surface area (Å²) in [6.07, 6.45) is 2.64. The molecule has 1 atom stereocenters. The van der Waals surface area contributed by atoms with Gasteiger partial charge in [-0.1, -0.05) is 43.6 Å². The minimum Gasteiger partial charge on any atom is -0.486 e. The van der Waals surface area contributed by atoms with E-state index in [1.54, 1.807) is 35.2 Å². The number of benzene rings is 2. The molecule has 3 rings (SSSR count). The zero-order valence-corrected chi connectivity index (χ0v) is 23.7. The van der Waals surface area contributed by atoms with Gasteiger partial charge >= 0.3 is 0 Å². The lowest BCUT2D eigenvalue weighted by atomic mass is 10.1. The van der Waals surface area contributed by atoms with E-state index in [1.165, 1.54) is 4.31 Å². The quantitative estimate of drug-likeness (QED) is 0.394. The van der Waals surface area contributed by atoms with Crippen molar-refractivity contribution >= 4 is 39.1 Å². The first-order valence-corrected chi connectivity index (χ1v) is 15.1. The first-order chi connectivity index (χ1) is 18.2. The van der Waals surface area contributed by atoms with Crippen LogP contribution in [0.2, 0.25) is 5.02 Å². The largest absolute Gasteiger partial charge is 0.486 e. The van der Waals surface area contributed by atoms with Gasteiger partial charge in [-0.2, -0.15) is 0 Å². The summed E-state index contributed by atoms with van der Waals surface area (Å²) in [6.45, 7) is 5.42. The molecule has 0 saturated carbocycles. The maximum Gasteiger partial charge on any atom is 0.242 e. The second kappa shape index (κ2) is 13.7. The van der Waals surface area contributed by atoms with Gasteiger partial charge < -0.3 is 19.7 Å². The van der Waals surface area contributed by atoms with Gasteiger partial charge in [0.2, 0.25) is 21.8 Å². The molecule has 0 unspecified atom stereocenters. The Morgan fingerprint density at radius 3 is 2.45 bits per heavy atom. The van der Waals surface area contributed by atoms with Crippen molar-refractivity contribution in [3.05, 3.63) is 53.1 Å². The van der Waals surface area contributed by atoms with E-state index in [4.69, 9.17) is 21.1 Å². The number of rotatable bonds is 13. The van der Waals surface area contributed by atoms with Crippen molar-refractivity contribution in [2.45, 2.75) is 52.1 Å². The van der Waals surface area contributed by atoms with Gasteiger partial charge in [0.25, 0.3) is 0 Å². The Balaban J connectivity index is 1.77. The average Bonchev–Trinajstić information content (AvgIpc) is 2.89. The van der Waals surface area contributed by atoms with Gasteiger partial charge in [-0.15, -0.1) is 0 Å². The fourth-order valence-electron chi connectivity index (χ4n) is 4.29. The van der Waals surface area contributed by atoms with Crippen molar-refractivity contribution < 1.29 is 27.5 Å². The molecule has 0 radical (unpaired) electrons. The summed E-state index contributed by atoms with van der Waals surface area (Å²) in [5.74, 6) is 0.571. The molecule has 0 bridgehead atoms. The molecule has 9 nitrogen and oxygen atoms in total. The molecular formula is C27H36ClN3O6S. The number of amides is 2. The number of sulfonamides is 1. The Labute approximate surface area is 230 Å². The van der Waals surface area contributed by atoms with Crippen LogP contribution in [0.4, 0.5) is 5.69 Å². The lowest BCUT2D eigenvalue weighted by molar-refractivity contribution is -0.141. The van der Waals surface area contributed by atoms with Gasteiger partial charge in [-0.25, -0.2) is 8.42 Å². The van der Waals surface area contributed by atoms with Crippen molar-refractivity contribution in [3.63, 3.8) is 0 Å². The molecule has 1 N–H and O–H groups in total. The molecule has 1 aliphatic heterocycles. The molecule has 38 heavy (non-hydrogen) atoms. The number of fused-ring (bicyclic) bond motifs is 1. The van der Waals surface area contributed by atoms with Crippen molar-refractivity contribution in [2.75, 3.05) is 36.9 Å². The summed E-state index contributed by atoms with van der Waals surface area (Å²) in [7, 11) is -3.63. The molecule has 0 fully saturated rings. The lowest BCUT2D eigenvalue weighted by Crippen LogP contribution is -2.49. The van der Waals surface area contributed by atoms with Gasteiger partial charge in [-0.3, -0.25) is 13.9 Å². The van der Waals surface area contributed by atoms with Crippen LogP contribution in [0.1, 0.15) is 45.1 Å². The molecule has 2 amide bonds. The number of anilines is 1. The topological polar surface area (TPSA) is 105 Å². The van der Waals surface area contributed by atoms with Gasteiger partial charge in [-0.05, 0) is 43.0 Å². The Hall–Kier alpha value is -2.98. The highest BCUT2D eigenvalue weighted by atomic mass is 35.5. The zero-order chi connectivity index (χ0) is 27.7. The summed E-state index contributed by atoms with van der Waals surface area (Å²) in [5.41, 5.74) is 1.17. The lowest BCUT2D eigenvalue weighted by Gasteiger charge is -2.31. The highest BCUT2D eigenvalue weighted by Crippen LogP contribution is 2.34. The summed E-state index contributed by atoms with van der Waals surface area (Å²) >= 11 is 6.37. The van der Waals surface area contributed by atoms with Crippen LogP contribution < -0.4 is 19.1 Å². The molecule has 0 spiro atoms. The molecule has 11 heteroatoms. The molecule has 2 aromatic rings. The van der Waals surface area contributed by atoms with Crippen LogP contribution in [0.25, 0.3) is 0 Å². The average molecular weight is 566 g/mol. The van der Waals surface area contributed by atoms with Crippen molar-refractivity contribution in [1.29, 1.82) is 0 Å². The maximum atomic E-state index is 13.5. The monoisotopic (exact) mass is 565 g/mol. The first-order valence-electron chi connectivity index (χ1n) is 12.8. The van der Waals surface area contributed by atoms with Gasteiger partial charge in [0.15, 0.2) is 11.5 Å². The van der Waals surface area contributed by atoms with Crippen molar-refractivity contribution in [1.82, 2.24) is 10.2 Å². The summed E-state index contributed by atoms with van der Waals surface area (Å²) in [5, 5.41) is 3.39. The van der Waals surface area contributed by atoms with Crippen LogP contribution in [-0.2, 0) is 26.2 Å². The molecule has 208 valence electrons. The smallest absolute Gasteiger partial charge is 0.242 e. The fraction of sp³-hybridized carbons (Fsp3) is 0.481. The van der Waals surface area contributed by atoms with E-state index in [9.17, 15) is 18.0 Å². The van der Waals surface area contributed by atoms with E-state index < -0.39 is 16.1 Å². The minimum absolute atomic E-state index is 0.0541. The Morgan fingerprint density at radius 2 is 1.79 bits per heavy atom. The molecule has 0 saturated heterocycles. The summed E-state index contributed by atoms with van der Waals surface area (Å²) in [4.78, 5) is 28.0. The van der Waals surface area contributed by atoms with Crippen molar-refractivity contribution in [2.24, 2.45) is 0 Å². The highest BCUT2D eigenvalue weighted by molar-refractivity contribution is 7.92. The molecule has 2 aromatic carbocycles. The third kappa shape index (κ3) is 7.77. The third-order valence-electron chi connectivity index (χ3n) is 6.20. The van der Waals surface area contributed by atoms with Gasteiger partial charge in [0.1, 0.15) is 19.3 Å². The molecule has 0 aliphatic carbocycles. The third-order valence-corrected chi connectivity index (χ3v) is 7.76. The van der Waals surface area contributed by atoms with Crippen LogP contribution in [-0.4, -0.2) is 63.7 Å². The number of hydrogen-bond acceptors (Lipinski definition) is 6. The number of ether oxygens (including phenoxy) is 2. The number of halogens is 1. The van der Waals surface area contributed by atoms with Crippen LogP contribution in [0.3, 0.4) is 0 Å². The van der Waals surface area contributed by atoms with Crippen LogP contribution in [0.15, 0.2) is 42.5 Å². The molecule has 0 aromatic heterocycles. The first kappa shape index (κ1) is 29.6. The number of carbonyl (C=O) groups is 2. The number of carbonyl (C=O) groups excluding carboxylic acids is 2. The summed E-state index contributed by atoms with van der Waals surface area (Å²) < 4.78 is 37.6. The van der Waals surface area contributed by atoms with E-state index in [2.05, 4.69) is 5.32 Å². The van der Waals surface area contributed by atoms with Crippen LogP contribution >= 0.6 is 11.6 Å². The zero-order valence-electron chi connectivity index (χ0n) is 22.1. The van der Waals surface area contributed by atoms with Gasteiger partial charge in [0.05, 0.1) is 11.9 Å². The van der Waals surface area contributed by atoms with E-state index in [0.717, 1.165) is 18.2 Å². The van der Waals surface area contributed by atoms with Gasteiger partial charge in [0, 0.05) is 37.1 Å². The normalized spacial score (nSPS) is 13.5. The van der Waals surface area contributed by atoms with E-state index in [-0.39, 0.29) is 37.7 Å². The number of hydrogen-bond donors (Lipinski definition) is 1. The minimum atomic E-state index is -3.63. The Bertz CT molecular complexity index is 1220. The number of nitrogens with zero attached hydrogens (tertiary/aromatic N) is 2. The SMILES string of the molecule is CCCNC(=O)[C@H](CC)N(Cc1ccccc1Cl)C(=O)CCCN(c1ccc2c(c1)OCCO2)S(C)(=O)=O. The van der Waals surface area contributed by atoms with E-state index in [0.29, 0.717) is 48.4 Å². The van der Waals surface area contributed by atoms with Crippen LogP contribution in [0, 0.1) is 0 Å². The standard InChI is InChI=1S/C27H36ClN3O6S/c1-4-14-29-27(33)23(5-2)30(19-20-9-6-7-10-22(20)28)26(32)11-8-15-31(38(3,34)35)21-12-13-24-25(18-21)37-17-16-36-24/h6-7,9-10,12-13,18,23H,4-5,8,11,14-17,19H2,1-3H3,(H,29,33)/t23-/m0/s1. The predicted octanol–water partition coefficient (Wildman–Crippen LogP) is 3.99. The second-order valence-corrected chi connectivity index (χ2v) is 11.4. The molecular weight excluding hydrogens is 530 g/mol. The predicted molar refractivity (Wildman–Crippen MR) is 148 cm³/mol. The molecule has 1 heterocycles. The van der Waals surface area contributed by atoms with Crippen molar-refractivity contribution in [3.8, 4) is 11.5 Å². The Kier molecular flexibility index (Phi) is 10.7. The number of nitrogens with one attached hydrogen (secondary N) is 1.